The number of amidine groups is 1. The SMILES string of the molecule is C#CC(C1=NCC(c2ccc(-c3ccc4c(c3)C(F)(F)C3=C4C=CC(c4cnc(CN(CCC)C(=O)C(C(C)C)N(C)COC)[nH]4)C3)cc2)N1)N(CCC)C(=O)[C@H](NC(C)OC)/C(=C/C=C\C)CC. The normalized spacial score (nSPS) is 19.3. The van der Waals surface area contributed by atoms with E-state index in [4.69, 9.17) is 20.9 Å². The van der Waals surface area contributed by atoms with Crippen molar-refractivity contribution >= 4 is 23.2 Å². The van der Waals surface area contributed by atoms with Crippen molar-refractivity contribution in [2.75, 3.05) is 47.6 Å². The lowest BCUT2D eigenvalue weighted by atomic mass is 9.87. The Morgan fingerprint density at radius 2 is 1.77 bits per heavy atom. The fourth-order valence-corrected chi connectivity index (χ4v) is 9.76. The number of imidazole rings is 1. The molecule has 2 aromatic carbocycles. The first kappa shape index (κ1) is 52.6. The minimum atomic E-state index is -3.17. The van der Waals surface area contributed by atoms with Crippen LogP contribution in [0.2, 0.25) is 0 Å². The Kier molecular flexibility index (Phi) is 18.1. The number of carbonyl (C=O) groups excluding carboxylic acids is 2. The van der Waals surface area contributed by atoms with Gasteiger partial charge in [-0.3, -0.25) is 24.8 Å². The van der Waals surface area contributed by atoms with Crippen molar-refractivity contribution in [3.05, 3.63) is 118 Å². The number of fused-ring (bicyclic) bond motifs is 2. The number of methoxy groups -OCH3 is 2. The van der Waals surface area contributed by atoms with Gasteiger partial charge in [0.25, 0.3) is 5.92 Å². The summed E-state index contributed by atoms with van der Waals surface area (Å²) in [5.41, 5.74) is 5.29. The number of aromatic nitrogens is 2. The minimum absolute atomic E-state index is 0.000797. The monoisotopic (exact) mass is 947 g/mol. The fraction of sp³-hybridized carbons (Fsp3) is 0.491. The molecule has 12 nitrogen and oxygen atoms in total. The van der Waals surface area contributed by atoms with Gasteiger partial charge in [0.2, 0.25) is 11.8 Å². The molecule has 14 heteroatoms. The van der Waals surface area contributed by atoms with Gasteiger partial charge in [-0.2, -0.15) is 8.78 Å². The van der Waals surface area contributed by atoms with Crippen LogP contribution in [-0.2, 0) is 31.5 Å². The summed E-state index contributed by atoms with van der Waals surface area (Å²) in [6.45, 7) is 15.9. The van der Waals surface area contributed by atoms with E-state index in [1.807, 2.05) is 126 Å². The van der Waals surface area contributed by atoms with Gasteiger partial charge >= 0.3 is 0 Å². The molecule has 0 saturated heterocycles. The zero-order chi connectivity index (χ0) is 50.0. The first-order valence-electron chi connectivity index (χ1n) is 24.4. The second-order valence-corrected chi connectivity index (χ2v) is 18.5. The van der Waals surface area contributed by atoms with Gasteiger partial charge in [-0.1, -0.05) is 107 Å². The third kappa shape index (κ3) is 11.7. The number of ether oxygens (including phenoxy) is 2. The van der Waals surface area contributed by atoms with Crippen molar-refractivity contribution in [1.82, 2.24) is 35.3 Å². The van der Waals surface area contributed by atoms with Gasteiger partial charge in [0.1, 0.15) is 23.9 Å². The third-order valence-corrected chi connectivity index (χ3v) is 13.3. The van der Waals surface area contributed by atoms with E-state index in [0.717, 1.165) is 28.8 Å². The van der Waals surface area contributed by atoms with Crippen LogP contribution in [0, 0.1) is 18.3 Å². The zero-order valence-corrected chi connectivity index (χ0v) is 42.1. The highest BCUT2D eigenvalue weighted by Crippen LogP contribution is 2.55. The van der Waals surface area contributed by atoms with E-state index in [1.54, 1.807) is 37.4 Å². The van der Waals surface area contributed by atoms with Crippen LogP contribution < -0.4 is 10.6 Å². The van der Waals surface area contributed by atoms with Crippen LogP contribution in [0.5, 0.6) is 0 Å². The van der Waals surface area contributed by atoms with Crippen LogP contribution in [-0.4, -0.2) is 114 Å². The van der Waals surface area contributed by atoms with Crippen LogP contribution in [0.4, 0.5) is 8.78 Å². The lowest BCUT2D eigenvalue weighted by Crippen LogP contribution is -2.56. The van der Waals surface area contributed by atoms with E-state index in [9.17, 15) is 9.59 Å². The number of likely N-dealkylation sites (N-methyl/N-ethyl adjacent to an activating group) is 1. The smallest absolute Gasteiger partial charge is 0.296 e. The molecule has 2 heterocycles. The van der Waals surface area contributed by atoms with Gasteiger partial charge < -0.3 is 29.6 Å². The summed E-state index contributed by atoms with van der Waals surface area (Å²) in [6, 6.07) is 11.3. The fourth-order valence-electron chi connectivity index (χ4n) is 9.76. The molecule has 3 aliphatic rings. The number of hydrogen-bond donors (Lipinski definition) is 3. The molecule has 69 heavy (non-hydrogen) atoms. The van der Waals surface area contributed by atoms with Crippen LogP contribution >= 0.6 is 0 Å². The number of aromatic amines is 1. The third-order valence-electron chi connectivity index (χ3n) is 13.3. The summed E-state index contributed by atoms with van der Waals surface area (Å²) in [5.74, 6) is 0.421. The molecule has 5 unspecified atom stereocenters. The standard InChI is InChI=1S/C55H72F2N8O4/c1-12-17-18-37(15-4)50(60-36(8)69-11)53(66)65(28-14-3)48(16-5)52-59-32-46(62-52)39-21-19-38(20-22-39)40-23-25-42-43-26-24-41(30-45(43)55(56,57)44(42)29-40)47-31-58-49(61-47)33-64(27-13-2)54(67)51(35(6)7)63(9)34-68-10/h5,12,17-26,29,31,35-36,41,46,48,50-51,60H,13-15,27-28,30,32-34H2,1-4,6-11H3,(H,58,61)(H,59,62)/b17-12-,37-18+/t36?,41?,46?,48?,50-,51?/m1/s1. The lowest BCUT2D eigenvalue weighted by molar-refractivity contribution is -0.141. The first-order valence-corrected chi connectivity index (χ1v) is 24.4. The highest BCUT2D eigenvalue weighted by Gasteiger charge is 2.47. The topological polar surface area (TPSA) is 127 Å². The van der Waals surface area contributed by atoms with Crippen molar-refractivity contribution in [3.8, 4) is 23.5 Å². The molecule has 1 aliphatic heterocycles. The van der Waals surface area contributed by atoms with Crippen molar-refractivity contribution in [2.45, 2.75) is 123 Å². The summed E-state index contributed by atoms with van der Waals surface area (Å²) in [6.07, 6.45) is 19.4. The Morgan fingerprint density at radius 3 is 2.41 bits per heavy atom. The highest BCUT2D eigenvalue weighted by molar-refractivity contribution is 5.97. The average molecular weight is 947 g/mol. The van der Waals surface area contributed by atoms with Gasteiger partial charge in [-0.25, -0.2) is 4.98 Å². The van der Waals surface area contributed by atoms with E-state index < -0.39 is 18.0 Å². The summed E-state index contributed by atoms with van der Waals surface area (Å²) < 4.78 is 44.0. The zero-order valence-electron chi connectivity index (χ0n) is 42.1. The molecule has 6 atom stereocenters. The van der Waals surface area contributed by atoms with E-state index in [1.165, 1.54) is 0 Å². The number of carbonyl (C=O) groups is 2. The minimum Gasteiger partial charge on any atom is -0.369 e. The molecular weight excluding hydrogens is 875 g/mol. The Balaban J connectivity index is 1.13. The van der Waals surface area contributed by atoms with Crippen molar-refractivity contribution in [3.63, 3.8) is 0 Å². The Bertz CT molecular complexity index is 2470. The quantitative estimate of drug-likeness (QED) is 0.0489. The predicted molar refractivity (Wildman–Crippen MR) is 271 cm³/mol. The van der Waals surface area contributed by atoms with Crippen molar-refractivity contribution in [1.29, 1.82) is 0 Å². The van der Waals surface area contributed by atoms with Crippen molar-refractivity contribution < 1.29 is 27.8 Å². The molecule has 0 radical (unpaired) electrons. The number of amides is 2. The molecule has 370 valence electrons. The lowest BCUT2D eigenvalue weighted by Gasteiger charge is -2.34. The summed E-state index contributed by atoms with van der Waals surface area (Å²) in [4.78, 5) is 46.5. The molecule has 1 aromatic heterocycles. The van der Waals surface area contributed by atoms with Gasteiger partial charge in [0.15, 0.2) is 6.04 Å². The summed E-state index contributed by atoms with van der Waals surface area (Å²) in [5, 5.41) is 6.85. The van der Waals surface area contributed by atoms with E-state index in [0.29, 0.717) is 67.6 Å². The highest BCUT2D eigenvalue weighted by atomic mass is 19.3. The number of nitrogens with zero attached hydrogens (tertiary/aromatic N) is 5. The Labute approximate surface area is 408 Å². The van der Waals surface area contributed by atoms with E-state index >= 15 is 8.78 Å². The summed E-state index contributed by atoms with van der Waals surface area (Å²) in [7, 11) is 5.09. The average Bonchev–Trinajstić information content (AvgIpc) is 4.08. The van der Waals surface area contributed by atoms with E-state index in [-0.39, 0.29) is 66.1 Å². The van der Waals surface area contributed by atoms with Crippen molar-refractivity contribution in [2.24, 2.45) is 10.9 Å². The second-order valence-electron chi connectivity index (χ2n) is 18.5. The number of aliphatic imine (C=N–C) groups is 1. The van der Waals surface area contributed by atoms with Gasteiger partial charge in [-0.05, 0) is 92.0 Å². The summed E-state index contributed by atoms with van der Waals surface area (Å²) >= 11 is 0. The maximum Gasteiger partial charge on any atom is 0.296 e. The van der Waals surface area contributed by atoms with Crippen LogP contribution in [0.15, 0.2) is 95.2 Å². The molecular formula is C55H72F2N8O4. The maximum absolute atomic E-state index is 16.6. The Hall–Kier alpha value is -5.72. The number of rotatable bonds is 23. The number of nitrogens with one attached hydrogen (secondary N) is 3. The molecule has 0 fully saturated rings. The number of benzene rings is 2. The van der Waals surface area contributed by atoms with Crippen LogP contribution in [0.3, 0.4) is 0 Å². The van der Waals surface area contributed by atoms with Gasteiger partial charge in [0.05, 0.1) is 31.9 Å². The molecule has 0 bridgehead atoms. The number of halogens is 2. The Morgan fingerprint density at radius 1 is 1.04 bits per heavy atom. The maximum atomic E-state index is 16.6. The molecule has 6 rings (SSSR count). The number of allylic oxidation sites excluding steroid dienone is 7. The molecule has 2 aliphatic carbocycles. The van der Waals surface area contributed by atoms with Crippen LogP contribution in [0.1, 0.15) is 114 Å². The first-order chi connectivity index (χ1) is 33.1. The number of alkyl halides is 2. The molecule has 3 N–H and O–H groups in total. The predicted octanol–water partition coefficient (Wildman–Crippen LogP) is 9.12. The largest absolute Gasteiger partial charge is 0.369 e. The van der Waals surface area contributed by atoms with Gasteiger partial charge in [-0.15, -0.1) is 6.42 Å². The number of terminal acetylenes is 1. The second kappa shape index (κ2) is 23.7. The molecule has 3 aromatic rings. The molecule has 0 spiro atoms. The number of H-pyrrole nitrogens is 1. The van der Waals surface area contributed by atoms with Gasteiger partial charge in [0, 0.05) is 56.3 Å². The molecule has 2 amide bonds. The van der Waals surface area contributed by atoms with E-state index in [2.05, 4.69) is 26.5 Å². The number of hydrogen-bond acceptors (Lipinski definition) is 9. The molecule has 0 saturated carbocycles. The van der Waals surface area contributed by atoms with Crippen LogP contribution in [0.25, 0.3) is 16.7 Å².